The average Bonchev–Trinajstić information content (AvgIpc) is 1.84. The Labute approximate surface area is 43.1 Å². The molecule has 0 heterocycles. The molecular formula is C6H5. The fourth-order valence-corrected chi connectivity index (χ4v) is 0.212. The van der Waals surface area contributed by atoms with Gasteiger partial charge in [-0.1, -0.05) is 30.2 Å². The molecule has 1 rings (SSSR count). The summed E-state index contributed by atoms with van der Waals surface area (Å²) < 4.78 is 28.1. The highest BCUT2D eigenvalue weighted by molar-refractivity contribution is 4.97. The van der Waals surface area contributed by atoms with Gasteiger partial charge in [-0.2, -0.15) is 0 Å². The molecule has 0 saturated heterocycles. The van der Waals surface area contributed by atoms with Gasteiger partial charge in [-0.3, -0.25) is 0 Å². The van der Waals surface area contributed by atoms with Crippen LogP contribution in [0.5, 0.6) is 0 Å². The van der Waals surface area contributed by atoms with Crippen molar-refractivity contribution in [1.29, 1.82) is 0 Å². The van der Waals surface area contributed by atoms with E-state index in [0.29, 0.717) is 0 Å². The summed E-state index contributed by atoms with van der Waals surface area (Å²) in [4.78, 5) is 0. The van der Waals surface area contributed by atoms with E-state index in [4.69, 9.17) is 5.48 Å². The number of rotatable bonds is 0. The maximum Gasteiger partial charge on any atom is 0.0629 e. The molecule has 1 radical (unpaired) electrons. The first-order valence-corrected chi connectivity index (χ1v) is 1.58. The van der Waals surface area contributed by atoms with Crippen LogP contribution in [0, 0.1) is 6.07 Å². The van der Waals surface area contributed by atoms with Crippen molar-refractivity contribution in [3.05, 3.63) is 36.3 Å². The van der Waals surface area contributed by atoms with Crippen molar-refractivity contribution in [3.63, 3.8) is 0 Å². The van der Waals surface area contributed by atoms with Crippen LogP contribution >= 0.6 is 0 Å². The summed E-state index contributed by atoms with van der Waals surface area (Å²) >= 11 is 0. The predicted molar refractivity (Wildman–Crippen MR) is 25.3 cm³/mol. The van der Waals surface area contributed by atoms with E-state index < -0.39 is 0 Å². The summed E-state index contributed by atoms with van der Waals surface area (Å²) in [5.74, 6) is 0. The van der Waals surface area contributed by atoms with Crippen LogP contribution in [0.4, 0.5) is 0 Å². The summed E-state index contributed by atoms with van der Waals surface area (Å²) in [6, 6.07) is 3.08. The van der Waals surface area contributed by atoms with Gasteiger partial charge in [0.25, 0.3) is 0 Å². The van der Waals surface area contributed by atoms with Gasteiger partial charge in [-0.25, -0.2) is 0 Å². The molecule has 0 aliphatic heterocycles. The smallest absolute Gasteiger partial charge is 0.0622 e. The third-order valence-corrected chi connectivity index (χ3v) is 0.414. The Kier molecular flexibility index (Phi) is 0.293. The Morgan fingerprint density at radius 2 is 2.00 bits per heavy atom. The van der Waals surface area contributed by atoms with Gasteiger partial charge in [0.1, 0.15) is 0 Å². The van der Waals surface area contributed by atoms with E-state index in [2.05, 4.69) is 6.07 Å². The first-order valence-electron chi connectivity index (χ1n) is 3.58. The highest BCUT2D eigenvalue weighted by Crippen LogP contribution is 1.78. The molecule has 1 aromatic carbocycles. The Morgan fingerprint density at radius 3 is 2.50 bits per heavy atom. The largest absolute Gasteiger partial charge is 0.0629 e. The highest BCUT2D eigenvalue weighted by atomic mass is 13.6. The van der Waals surface area contributed by atoms with E-state index in [1.807, 2.05) is 0 Å². The Bertz CT molecular complexity index is 206. The monoisotopic (exact) mass is 81.1 g/mol. The van der Waals surface area contributed by atoms with Gasteiger partial charge in [0.05, 0.1) is 5.48 Å². The molecule has 0 amide bonds. The zero-order chi connectivity index (χ0) is 7.72. The summed E-state index contributed by atoms with van der Waals surface area (Å²) in [6.07, 6.45) is 0. The van der Waals surface area contributed by atoms with Gasteiger partial charge < -0.3 is 0 Å². The second-order valence-corrected chi connectivity index (χ2v) is 0.808. The Hall–Kier alpha value is -0.780. The minimum Gasteiger partial charge on any atom is -0.0622 e. The molecule has 29 valence electrons. The van der Waals surface area contributed by atoms with E-state index in [1.54, 1.807) is 0 Å². The Balaban J connectivity index is 3.28. The second kappa shape index (κ2) is 1.61. The normalized spacial score (nSPS) is 17.3. The van der Waals surface area contributed by atoms with Crippen LogP contribution in [0.2, 0.25) is 0 Å². The van der Waals surface area contributed by atoms with Crippen LogP contribution in [0.15, 0.2) is 30.2 Å². The van der Waals surface area contributed by atoms with Crippen molar-refractivity contribution in [1.82, 2.24) is 0 Å². The maximum absolute atomic E-state index is 7.03. The van der Waals surface area contributed by atoms with Gasteiger partial charge in [-0.15, -0.1) is 0 Å². The van der Waals surface area contributed by atoms with Crippen molar-refractivity contribution in [2.24, 2.45) is 0 Å². The van der Waals surface area contributed by atoms with Crippen LogP contribution in [0.3, 0.4) is 0 Å². The van der Waals surface area contributed by atoms with E-state index in [1.165, 1.54) is 6.07 Å². The molecule has 0 atom stereocenters. The SMILES string of the molecule is [2H]c1[c]c([2H])c([2H])cc1[2H]. The molecule has 1 aromatic rings. The summed E-state index contributed by atoms with van der Waals surface area (Å²) in [5.41, 5.74) is 0. The molecule has 0 aliphatic carbocycles. The topological polar surface area (TPSA) is 0 Å². The molecule has 6 heavy (non-hydrogen) atoms. The van der Waals surface area contributed by atoms with Crippen LogP contribution in [0.1, 0.15) is 5.48 Å². The van der Waals surface area contributed by atoms with Gasteiger partial charge >= 0.3 is 0 Å². The average molecular weight is 81.1 g/mol. The minimum absolute atomic E-state index is 0.0546. The molecule has 0 nitrogen and oxygen atoms in total. The molecule has 0 N–H and O–H groups in total. The molecule has 0 aromatic heterocycles. The lowest BCUT2D eigenvalue weighted by Crippen LogP contribution is -1.49. The fraction of sp³-hybridized carbons (Fsp3) is 0. The first kappa shape index (κ1) is 1.09. The minimum atomic E-state index is -0.124. The molecule has 0 aliphatic rings. The quantitative estimate of drug-likeness (QED) is 0.444. The molecular weight excluding hydrogens is 72.1 g/mol. The number of hydrogen-bond donors (Lipinski definition) is 0. The molecule has 0 saturated carbocycles. The maximum atomic E-state index is 7.03. The second-order valence-electron chi connectivity index (χ2n) is 0.808. The van der Waals surface area contributed by atoms with Crippen LogP contribution in [-0.2, 0) is 0 Å². The van der Waals surface area contributed by atoms with E-state index in [-0.39, 0.29) is 24.2 Å². The zero-order valence-corrected chi connectivity index (χ0v) is 3.08. The molecule has 0 fully saturated rings. The van der Waals surface area contributed by atoms with Gasteiger partial charge in [0, 0.05) is 0 Å². The van der Waals surface area contributed by atoms with Crippen LogP contribution < -0.4 is 0 Å². The summed E-state index contributed by atoms with van der Waals surface area (Å²) in [6.45, 7) is 0. The third-order valence-electron chi connectivity index (χ3n) is 0.414. The summed E-state index contributed by atoms with van der Waals surface area (Å²) in [5, 5.41) is 0. The predicted octanol–water partition coefficient (Wildman–Crippen LogP) is 1.49. The molecule has 0 bridgehead atoms. The number of benzene rings is 1. The third kappa shape index (κ3) is 0.582. The Morgan fingerprint density at radius 1 is 1.33 bits per heavy atom. The fourth-order valence-electron chi connectivity index (χ4n) is 0.212. The van der Waals surface area contributed by atoms with Gasteiger partial charge in [0.2, 0.25) is 0 Å². The first-order chi connectivity index (χ1) is 4.61. The van der Waals surface area contributed by atoms with Crippen molar-refractivity contribution in [2.45, 2.75) is 0 Å². The number of hydrogen-bond acceptors (Lipinski definition) is 0. The van der Waals surface area contributed by atoms with E-state index in [0.717, 1.165) is 0 Å². The van der Waals surface area contributed by atoms with Crippen molar-refractivity contribution >= 4 is 0 Å². The lowest BCUT2D eigenvalue weighted by atomic mass is 10.4. The van der Waals surface area contributed by atoms with Crippen LogP contribution in [0.25, 0.3) is 0 Å². The van der Waals surface area contributed by atoms with Crippen molar-refractivity contribution < 1.29 is 5.48 Å². The molecule has 0 unspecified atom stereocenters. The van der Waals surface area contributed by atoms with Crippen LogP contribution in [-0.4, -0.2) is 0 Å². The zero-order valence-electron chi connectivity index (χ0n) is 7.08. The lowest BCUT2D eigenvalue weighted by molar-refractivity contribution is 1.70. The standard InChI is InChI=1S/C6H5/c1-2-4-6-5-3-1/h1-5H/i2D,3D,4D,5D. The molecule has 0 spiro atoms. The lowest BCUT2D eigenvalue weighted by Gasteiger charge is -1.68. The van der Waals surface area contributed by atoms with Gasteiger partial charge in [-0.05, 0) is 6.07 Å². The van der Waals surface area contributed by atoms with Crippen molar-refractivity contribution in [2.75, 3.05) is 0 Å². The van der Waals surface area contributed by atoms with E-state index >= 15 is 0 Å². The highest BCUT2D eigenvalue weighted by Gasteiger charge is 1.58. The van der Waals surface area contributed by atoms with Crippen molar-refractivity contribution in [3.8, 4) is 0 Å². The molecule has 0 heteroatoms. The van der Waals surface area contributed by atoms with Gasteiger partial charge in [0.15, 0.2) is 0 Å². The van der Waals surface area contributed by atoms with E-state index in [9.17, 15) is 0 Å². The summed E-state index contributed by atoms with van der Waals surface area (Å²) in [7, 11) is 0.